The van der Waals surface area contributed by atoms with E-state index in [1.54, 1.807) is 29.4 Å². The number of aromatic nitrogens is 2. The number of amides is 2. The van der Waals surface area contributed by atoms with Crippen molar-refractivity contribution >= 4 is 29.1 Å². The second-order valence-electron chi connectivity index (χ2n) is 7.86. The summed E-state index contributed by atoms with van der Waals surface area (Å²) in [6.45, 7) is 2.14. The van der Waals surface area contributed by atoms with E-state index in [0.29, 0.717) is 12.1 Å². The molecule has 0 atom stereocenters. The van der Waals surface area contributed by atoms with E-state index in [9.17, 15) is 9.59 Å². The van der Waals surface area contributed by atoms with Crippen LogP contribution in [0.15, 0.2) is 59.7 Å². The van der Waals surface area contributed by atoms with Gasteiger partial charge in [0.1, 0.15) is 6.26 Å². The zero-order valence-corrected chi connectivity index (χ0v) is 17.0. The molecule has 2 amide bonds. The molecular formula is C23H23N5O3. The molecule has 31 heavy (non-hydrogen) atoms. The average Bonchev–Trinajstić information content (AvgIpc) is 3.49. The number of rotatable bonds is 4. The van der Waals surface area contributed by atoms with Crippen molar-refractivity contribution in [2.24, 2.45) is 5.92 Å². The van der Waals surface area contributed by atoms with Gasteiger partial charge < -0.3 is 19.5 Å². The Hall–Kier alpha value is -3.68. The molecule has 0 aliphatic carbocycles. The van der Waals surface area contributed by atoms with Crippen LogP contribution in [0, 0.1) is 5.92 Å². The van der Waals surface area contributed by atoms with Gasteiger partial charge in [-0.15, -0.1) is 0 Å². The number of benzene rings is 1. The second-order valence-corrected chi connectivity index (χ2v) is 7.86. The van der Waals surface area contributed by atoms with Gasteiger partial charge >= 0.3 is 0 Å². The fourth-order valence-electron chi connectivity index (χ4n) is 4.27. The third kappa shape index (κ3) is 3.88. The molecule has 1 N–H and O–H groups in total. The number of hydrogen-bond acceptors (Lipinski definition) is 6. The van der Waals surface area contributed by atoms with Crippen molar-refractivity contribution in [1.82, 2.24) is 9.97 Å². The molecule has 3 aromatic rings. The van der Waals surface area contributed by atoms with Crippen LogP contribution in [0.5, 0.6) is 0 Å². The third-order valence-corrected chi connectivity index (χ3v) is 5.96. The SMILES string of the molecule is O=C(Nc1ccc2c(c1)CCN2C(=O)c1ccoc1)C1CCN(c2ncccn2)CC1. The molecule has 4 heterocycles. The van der Waals surface area contributed by atoms with Gasteiger partial charge in [0.05, 0.1) is 11.8 Å². The molecule has 1 fully saturated rings. The lowest BCUT2D eigenvalue weighted by atomic mass is 9.96. The average molecular weight is 417 g/mol. The van der Waals surface area contributed by atoms with Gasteiger partial charge in [-0.05, 0) is 55.2 Å². The number of furan rings is 1. The summed E-state index contributed by atoms with van der Waals surface area (Å²) in [7, 11) is 0. The normalized spacial score (nSPS) is 16.3. The van der Waals surface area contributed by atoms with Crippen LogP contribution in [0.3, 0.4) is 0 Å². The van der Waals surface area contributed by atoms with Crippen molar-refractivity contribution in [3.05, 3.63) is 66.4 Å². The van der Waals surface area contributed by atoms with E-state index < -0.39 is 0 Å². The molecule has 2 aliphatic rings. The highest BCUT2D eigenvalue weighted by Gasteiger charge is 2.28. The van der Waals surface area contributed by atoms with Crippen molar-refractivity contribution < 1.29 is 14.0 Å². The first-order chi connectivity index (χ1) is 15.2. The minimum absolute atomic E-state index is 0.0348. The molecule has 158 valence electrons. The maximum Gasteiger partial charge on any atom is 0.261 e. The number of hydrogen-bond donors (Lipinski definition) is 1. The number of carbonyl (C=O) groups is 2. The van der Waals surface area contributed by atoms with Crippen LogP contribution in [0.4, 0.5) is 17.3 Å². The Kier molecular flexibility index (Phi) is 5.11. The molecule has 0 spiro atoms. The number of piperidine rings is 1. The van der Waals surface area contributed by atoms with Crippen LogP contribution in [-0.2, 0) is 11.2 Å². The largest absolute Gasteiger partial charge is 0.472 e. The second kappa shape index (κ2) is 8.22. The van der Waals surface area contributed by atoms with Crippen LogP contribution in [0.2, 0.25) is 0 Å². The van der Waals surface area contributed by atoms with Crippen molar-refractivity contribution in [3.63, 3.8) is 0 Å². The molecular weight excluding hydrogens is 394 g/mol. The van der Waals surface area contributed by atoms with Crippen molar-refractivity contribution in [2.75, 3.05) is 34.8 Å². The molecule has 5 rings (SSSR count). The summed E-state index contributed by atoms with van der Waals surface area (Å²) in [5.41, 5.74) is 3.26. The van der Waals surface area contributed by atoms with Gasteiger partial charge in [0.25, 0.3) is 5.91 Å². The van der Waals surface area contributed by atoms with Gasteiger partial charge in [-0.2, -0.15) is 0 Å². The molecule has 2 aliphatic heterocycles. The highest BCUT2D eigenvalue weighted by molar-refractivity contribution is 6.07. The number of nitrogens with zero attached hydrogens (tertiary/aromatic N) is 4. The van der Waals surface area contributed by atoms with Crippen molar-refractivity contribution in [3.8, 4) is 0 Å². The fraction of sp³-hybridized carbons (Fsp3) is 0.304. The van der Waals surface area contributed by atoms with Gasteiger partial charge in [0.15, 0.2) is 0 Å². The Morgan fingerprint density at radius 2 is 1.87 bits per heavy atom. The van der Waals surface area contributed by atoms with E-state index in [4.69, 9.17) is 4.42 Å². The maximum absolute atomic E-state index is 12.8. The summed E-state index contributed by atoms with van der Waals surface area (Å²) < 4.78 is 5.03. The van der Waals surface area contributed by atoms with Crippen LogP contribution in [-0.4, -0.2) is 41.4 Å². The summed E-state index contributed by atoms with van der Waals surface area (Å²) >= 11 is 0. The lowest BCUT2D eigenvalue weighted by Crippen LogP contribution is -2.39. The molecule has 1 aromatic carbocycles. The van der Waals surface area contributed by atoms with Crippen molar-refractivity contribution in [1.29, 1.82) is 0 Å². The third-order valence-electron chi connectivity index (χ3n) is 5.96. The summed E-state index contributed by atoms with van der Waals surface area (Å²) in [6.07, 6.45) is 8.73. The number of anilines is 3. The highest BCUT2D eigenvalue weighted by Crippen LogP contribution is 2.32. The van der Waals surface area contributed by atoms with Crippen molar-refractivity contribution in [2.45, 2.75) is 19.3 Å². The quantitative estimate of drug-likeness (QED) is 0.701. The highest BCUT2D eigenvalue weighted by atomic mass is 16.3. The number of carbonyl (C=O) groups excluding carboxylic acids is 2. The fourth-order valence-corrected chi connectivity index (χ4v) is 4.27. The summed E-state index contributed by atoms with van der Waals surface area (Å²) in [4.78, 5) is 37.9. The Balaban J connectivity index is 1.21. The van der Waals surface area contributed by atoms with E-state index in [-0.39, 0.29) is 17.7 Å². The lowest BCUT2D eigenvalue weighted by Gasteiger charge is -2.31. The van der Waals surface area contributed by atoms with E-state index >= 15 is 0 Å². The topological polar surface area (TPSA) is 91.6 Å². The molecule has 1 saturated heterocycles. The van der Waals surface area contributed by atoms with Gasteiger partial charge in [0.2, 0.25) is 11.9 Å². The molecule has 0 unspecified atom stereocenters. The van der Waals surface area contributed by atoms with E-state index in [2.05, 4.69) is 20.2 Å². The Bertz CT molecular complexity index is 1080. The molecule has 0 bridgehead atoms. The predicted octanol–water partition coefficient (Wildman–Crippen LogP) is 3.13. The molecule has 2 aromatic heterocycles. The molecule has 0 radical (unpaired) electrons. The summed E-state index contributed by atoms with van der Waals surface area (Å²) in [5, 5.41) is 3.06. The lowest BCUT2D eigenvalue weighted by molar-refractivity contribution is -0.120. The monoisotopic (exact) mass is 417 g/mol. The van der Waals surface area contributed by atoms with Gasteiger partial charge in [-0.1, -0.05) is 0 Å². The van der Waals surface area contributed by atoms with Crippen LogP contribution < -0.4 is 15.1 Å². The Morgan fingerprint density at radius 1 is 1.06 bits per heavy atom. The molecule has 8 heteroatoms. The Morgan fingerprint density at radius 3 is 2.61 bits per heavy atom. The minimum atomic E-state index is -0.0709. The number of nitrogens with one attached hydrogen (secondary N) is 1. The Labute approximate surface area is 179 Å². The standard InChI is InChI=1S/C23H23N5O3/c29-21(16-4-10-27(11-5-16)23-24-8-1-9-25-23)26-19-2-3-20-17(14-19)6-12-28(20)22(30)18-7-13-31-15-18/h1-3,7-9,13-16H,4-6,10-12H2,(H,26,29). The zero-order valence-electron chi connectivity index (χ0n) is 17.0. The van der Waals surface area contributed by atoms with Crippen LogP contribution in [0.1, 0.15) is 28.8 Å². The van der Waals surface area contributed by atoms with Gasteiger partial charge in [-0.3, -0.25) is 9.59 Å². The predicted molar refractivity (Wildman–Crippen MR) is 116 cm³/mol. The zero-order chi connectivity index (χ0) is 21.2. The maximum atomic E-state index is 12.8. The first-order valence-corrected chi connectivity index (χ1v) is 10.5. The minimum Gasteiger partial charge on any atom is -0.472 e. The smallest absolute Gasteiger partial charge is 0.261 e. The van der Waals surface area contributed by atoms with E-state index in [1.165, 1.54) is 12.5 Å². The van der Waals surface area contributed by atoms with Crippen LogP contribution in [0.25, 0.3) is 0 Å². The molecule has 0 saturated carbocycles. The van der Waals surface area contributed by atoms with Gasteiger partial charge in [-0.25, -0.2) is 9.97 Å². The van der Waals surface area contributed by atoms with E-state index in [1.807, 2.05) is 18.2 Å². The first kappa shape index (κ1) is 19.3. The number of fused-ring (bicyclic) bond motifs is 1. The van der Waals surface area contributed by atoms with E-state index in [0.717, 1.165) is 55.2 Å². The van der Waals surface area contributed by atoms with Crippen LogP contribution >= 0.6 is 0 Å². The molecule has 8 nitrogen and oxygen atoms in total. The first-order valence-electron chi connectivity index (χ1n) is 10.5. The summed E-state index contributed by atoms with van der Waals surface area (Å²) in [6, 6.07) is 9.22. The van der Waals surface area contributed by atoms with Gasteiger partial charge in [0, 0.05) is 49.3 Å². The summed E-state index contributed by atoms with van der Waals surface area (Å²) in [5.74, 6) is 0.651.